The largest absolute Gasteiger partial charge is 0.365 e. The van der Waals surface area contributed by atoms with E-state index >= 15 is 0 Å². The van der Waals surface area contributed by atoms with E-state index < -0.39 is 0 Å². The van der Waals surface area contributed by atoms with Gasteiger partial charge in [-0.3, -0.25) is 10.1 Å². The Bertz CT molecular complexity index is 476. The molecule has 0 aromatic heterocycles. The van der Waals surface area contributed by atoms with Crippen LogP contribution in [0.4, 0.5) is 11.4 Å². The molecule has 1 aliphatic heterocycles. The molecular formula is C14H21N3O2. The van der Waals surface area contributed by atoms with Gasteiger partial charge >= 0.3 is 0 Å². The fraction of sp³-hybridized carbons (Fsp3) is 0.571. The van der Waals surface area contributed by atoms with E-state index in [1.807, 2.05) is 13.0 Å². The molecule has 1 fully saturated rings. The van der Waals surface area contributed by atoms with E-state index in [-0.39, 0.29) is 10.6 Å². The summed E-state index contributed by atoms with van der Waals surface area (Å²) in [5.41, 5.74) is 7.73. The standard InChI is InChI=1S/C14H21N3O2/c1-10-6-7-16(9-12(10)8-15)14-11(2)4-3-5-13(14)17(18)19/h3-5,10,12H,6-9,15H2,1-2H3. The van der Waals surface area contributed by atoms with Gasteiger partial charge in [-0.2, -0.15) is 0 Å². The number of piperidine rings is 1. The fourth-order valence-corrected chi connectivity index (χ4v) is 2.86. The number of benzene rings is 1. The Kier molecular flexibility index (Phi) is 4.04. The van der Waals surface area contributed by atoms with Crippen LogP contribution in [0, 0.1) is 28.9 Å². The van der Waals surface area contributed by atoms with Crippen molar-refractivity contribution in [3.05, 3.63) is 33.9 Å². The van der Waals surface area contributed by atoms with E-state index in [9.17, 15) is 10.1 Å². The second-order valence-corrected chi connectivity index (χ2v) is 5.41. The maximum atomic E-state index is 11.2. The highest BCUT2D eigenvalue weighted by molar-refractivity contribution is 5.67. The van der Waals surface area contributed by atoms with Gasteiger partial charge in [-0.05, 0) is 37.3 Å². The van der Waals surface area contributed by atoms with Crippen molar-refractivity contribution in [3.8, 4) is 0 Å². The summed E-state index contributed by atoms with van der Waals surface area (Å²) < 4.78 is 0. The normalized spacial score (nSPS) is 23.4. The number of nitro groups is 1. The van der Waals surface area contributed by atoms with Crippen LogP contribution in [0.3, 0.4) is 0 Å². The van der Waals surface area contributed by atoms with Gasteiger partial charge in [0.2, 0.25) is 0 Å². The lowest BCUT2D eigenvalue weighted by atomic mass is 9.86. The van der Waals surface area contributed by atoms with Gasteiger partial charge in [0, 0.05) is 19.2 Å². The molecule has 0 saturated carbocycles. The Morgan fingerprint density at radius 1 is 1.53 bits per heavy atom. The van der Waals surface area contributed by atoms with Crippen LogP contribution in [0.1, 0.15) is 18.9 Å². The van der Waals surface area contributed by atoms with Crippen molar-refractivity contribution < 1.29 is 4.92 Å². The van der Waals surface area contributed by atoms with Crippen LogP contribution in [0.15, 0.2) is 18.2 Å². The van der Waals surface area contributed by atoms with Crippen molar-refractivity contribution in [1.82, 2.24) is 0 Å². The minimum absolute atomic E-state index is 0.199. The summed E-state index contributed by atoms with van der Waals surface area (Å²) >= 11 is 0. The summed E-state index contributed by atoms with van der Waals surface area (Å²) in [5, 5.41) is 11.2. The molecule has 0 spiro atoms. The van der Waals surface area contributed by atoms with Crippen LogP contribution >= 0.6 is 0 Å². The zero-order valence-electron chi connectivity index (χ0n) is 11.5. The number of para-hydroxylation sites is 1. The predicted octanol–water partition coefficient (Wildman–Crippen LogP) is 2.32. The van der Waals surface area contributed by atoms with Gasteiger partial charge in [0.1, 0.15) is 5.69 Å². The number of hydrogen-bond acceptors (Lipinski definition) is 4. The van der Waals surface area contributed by atoms with Crippen molar-refractivity contribution >= 4 is 11.4 Å². The molecule has 1 heterocycles. The Balaban J connectivity index is 2.34. The number of nitrogens with zero attached hydrogens (tertiary/aromatic N) is 2. The number of nitrogens with two attached hydrogens (primary N) is 1. The van der Waals surface area contributed by atoms with Gasteiger partial charge in [-0.1, -0.05) is 19.1 Å². The fourth-order valence-electron chi connectivity index (χ4n) is 2.86. The number of rotatable bonds is 3. The molecule has 0 aliphatic carbocycles. The summed E-state index contributed by atoms with van der Waals surface area (Å²) in [6, 6.07) is 5.25. The second kappa shape index (κ2) is 5.57. The highest BCUT2D eigenvalue weighted by Gasteiger charge is 2.29. The monoisotopic (exact) mass is 263 g/mol. The second-order valence-electron chi connectivity index (χ2n) is 5.41. The third kappa shape index (κ3) is 2.71. The first-order valence-electron chi connectivity index (χ1n) is 6.73. The highest BCUT2D eigenvalue weighted by atomic mass is 16.6. The van der Waals surface area contributed by atoms with Crippen molar-refractivity contribution in [2.45, 2.75) is 20.3 Å². The van der Waals surface area contributed by atoms with Gasteiger partial charge < -0.3 is 10.6 Å². The maximum absolute atomic E-state index is 11.2. The van der Waals surface area contributed by atoms with Gasteiger partial charge in [0.05, 0.1) is 4.92 Å². The molecule has 0 amide bonds. The summed E-state index contributed by atoms with van der Waals surface area (Å²) in [5.74, 6) is 0.997. The Labute approximate surface area is 113 Å². The SMILES string of the molecule is Cc1cccc([N+](=O)[O-])c1N1CCC(C)C(CN)C1. The first-order chi connectivity index (χ1) is 9.04. The molecule has 1 aromatic carbocycles. The predicted molar refractivity (Wildman–Crippen MR) is 76.4 cm³/mol. The molecule has 19 heavy (non-hydrogen) atoms. The minimum Gasteiger partial charge on any atom is -0.365 e. The van der Waals surface area contributed by atoms with Crippen LogP contribution < -0.4 is 10.6 Å². The van der Waals surface area contributed by atoms with Gasteiger partial charge in [-0.25, -0.2) is 0 Å². The van der Waals surface area contributed by atoms with Crippen LogP contribution in [-0.2, 0) is 0 Å². The van der Waals surface area contributed by atoms with Crippen molar-refractivity contribution in [1.29, 1.82) is 0 Å². The summed E-state index contributed by atoms with van der Waals surface area (Å²) in [7, 11) is 0. The molecule has 2 rings (SSSR count). The molecule has 1 aliphatic rings. The first-order valence-corrected chi connectivity index (χ1v) is 6.73. The molecular weight excluding hydrogens is 242 g/mol. The molecule has 1 saturated heterocycles. The van der Waals surface area contributed by atoms with Crippen molar-refractivity contribution in [3.63, 3.8) is 0 Å². The van der Waals surface area contributed by atoms with Crippen LogP contribution in [0.2, 0.25) is 0 Å². The number of aryl methyl sites for hydroxylation is 1. The molecule has 0 bridgehead atoms. The van der Waals surface area contributed by atoms with E-state index in [0.29, 0.717) is 18.4 Å². The minimum atomic E-state index is -0.294. The molecule has 5 nitrogen and oxygen atoms in total. The average molecular weight is 263 g/mol. The molecule has 2 unspecified atom stereocenters. The highest BCUT2D eigenvalue weighted by Crippen LogP contribution is 2.35. The Morgan fingerprint density at radius 3 is 2.89 bits per heavy atom. The average Bonchev–Trinajstić information content (AvgIpc) is 2.39. The van der Waals surface area contributed by atoms with Crippen LogP contribution in [-0.4, -0.2) is 24.6 Å². The quantitative estimate of drug-likeness (QED) is 0.671. The lowest BCUT2D eigenvalue weighted by Crippen LogP contribution is -2.43. The number of nitro benzene ring substituents is 1. The number of hydrogen-bond donors (Lipinski definition) is 1. The maximum Gasteiger partial charge on any atom is 0.292 e. The zero-order valence-corrected chi connectivity index (χ0v) is 11.5. The van der Waals surface area contributed by atoms with Crippen LogP contribution in [0.25, 0.3) is 0 Å². The summed E-state index contributed by atoms with van der Waals surface area (Å²) in [6.45, 7) is 6.45. The third-order valence-corrected chi connectivity index (χ3v) is 4.15. The molecule has 1 aromatic rings. The van der Waals surface area contributed by atoms with Gasteiger partial charge in [0.15, 0.2) is 0 Å². The molecule has 2 N–H and O–H groups in total. The topological polar surface area (TPSA) is 72.4 Å². The number of anilines is 1. The molecule has 0 radical (unpaired) electrons. The molecule has 2 atom stereocenters. The van der Waals surface area contributed by atoms with E-state index in [4.69, 9.17) is 5.73 Å². The summed E-state index contributed by atoms with van der Waals surface area (Å²) in [4.78, 5) is 13.0. The van der Waals surface area contributed by atoms with Gasteiger partial charge in [0.25, 0.3) is 5.69 Å². The van der Waals surface area contributed by atoms with E-state index in [1.54, 1.807) is 12.1 Å². The van der Waals surface area contributed by atoms with E-state index in [1.165, 1.54) is 0 Å². The Morgan fingerprint density at radius 2 is 2.26 bits per heavy atom. The van der Waals surface area contributed by atoms with Gasteiger partial charge in [-0.15, -0.1) is 0 Å². The molecule has 5 heteroatoms. The van der Waals surface area contributed by atoms with E-state index in [2.05, 4.69) is 11.8 Å². The smallest absolute Gasteiger partial charge is 0.292 e. The lowest BCUT2D eigenvalue weighted by molar-refractivity contribution is -0.384. The van der Waals surface area contributed by atoms with Crippen molar-refractivity contribution in [2.75, 3.05) is 24.5 Å². The third-order valence-electron chi connectivity index (χ3n) is 4.15. The Hall–Kier alpha value is -1.62. The van der Waals surface area contributed by atoms with Crippen molar-refractivity contribution in [2.24, 2.45) is 17.6 Å². The zero-order chi connectivity index (χ0) is 14.0. The van der Waals surface area contributed by atoms with Crippen LogP contribution in [0.5, 0.6) is 0 Å². The first kappa shape index (κ1) is 13.8. The van der Waals surface area contributed by atoms with E-state index in [0.717, 1.165) is 30.8 Å². The molecule has 104 valence electrons. The lowest BCUT2D eigenvalue weighted by Gasteiger charge is -2.38. The summed E-state index contributed by atoms with van der Waals surface area (Å²) in [6.07, 6.45) is 1.04.